The summed E-state index contributed by atoms with van der Waals surface area (Å²) in [6.45, 7) is 4.25. The van der Waals surface area contributed by atoms with Gasteiger partial charge < -0.3 is 5.73 Å². The predicted molar refractivity (Wildman–Crippen MR) is 79.5 cm³/mol. The zero-order valence-electron chi connectivity index (χ0n) is 11.7. The van der Waals surface area contributed by atoms with Crippen LogP contribution in [0.25, 0.3) is 5.52 Å². The fourth-order valence-electron chi connectivity index (χ4n) is 2.43. The number of hydrogen-bond acceptors (Lipinski definition) is 3. The Kier molecular flexibility index (Phi) is 3.24. The lowest BCUT2D eigenvalue weighted by molar-refractivity contribution is 0.726. The number of nitrogens with two attached hydrogens (primary N) is 1. The van der Waals surface area contributed by atoms with Crippen molar-refractivity contribution in [1.29, 1.82) is 0 Å². The van der Waals surface area contributed by atoms with Crippen LogP contribution >= 0.6 is 0 Å². The Balaban J connectivity index is 1.89. The predicted octanol–water partition coefficient (Wildman–Crippen LogP) is 2.59. The largest absolute Gasteiger partial charge is 0.324 e. The highest BCUT2D eigenvalue weighted by molar-refractivity contribution is 5.53. The summed E-state index contributed by atoms with van der Waals surface area (Å²) < 4.78 is 1.81. The minimum Gasteiger partial charge on any atom is -0.324 e. The minimum atomic E-state index is -0.0705. The highest BCUT2D eigenvalue weighted by Crippen LogP contribution is 2.21. The van der Waals surface area contributed by atoms with Crippen LogP contribution < -0.4 is 5.73 Å². The van der Waals surface area contributed by atoms with E-state index in [0.717, 1.165) is 17.5 Å². The number of benzene rings is 1. The molecule has 0 aliphatic heterocycles. The van der Waals surface area contributed by atoms with Gasteiger partial charge in [-0.25, -0.2) is 4.52 Å². The molecule has 2 heterocycles. The van der Waals surface area contributed by atoms with E-state index in [1.165, 1.54) is 16.7 Å². The van der Waals surface area contributed by atoms with Gasteiger partial charge in [-0.15, -0.1) is 0 Å². The molecular formula is C16H18N4. The highest BCUT2D eigenvalue weighted by Gasteiger charge is 2.13. The zero-order chi connectivity index (χ0) is 14.1. The average Bonchev–Trinajstić information content (AvgIpc) is 2.87. The number of fused-ring (bicyclic) bond motifs is 1. The van der Waals surface area contributed by atoms with Gasteiger partial charge in [0.15, 0.2) is 0 Å². The molecule has 2 N–H and O–H groups in total. The minimum absolute atomic E-state index is 0.0705. The third kappa shape index (κ3) is 2.30. The molecule has 20 heavy (non-hydrogen) atoms. The van der Waals surface area contributed by atoms with Gasteiger partial charge in [0, 0.05) is 24.0 Å². The quantitative estimate of drug-likeness (QED) is 0.792. The Labute approximate surface area is 118 Å². The molecule has 0 spiro atoms. The first-order valence-corrected chi connectivity index (χ1v) is 6.74. The third-order valence-electron chi connectivity index (χ3n) is 3.78. The van der Waals surface area contributed by atoms with Crippen LogP contribution in [0.4, 0.5) is 0 Å². The number of rotatable bonds is 3. The van der Waals surface area contributed by atoms with Crippen LogP contribution in [0.3, 0.4) is 0 Å². The molecule has 3 rings (SSSR count). The molecule has 0 aliphatic carbocycles. The number of nitrogens with zero attached hydrogens (tertiary/aromatic N) is 3. The maximum Gasteiger partial charge on any atom is 0.0892 e. The van der Waals surface area contributed by atoms with E-state index < -0.39 is 0 Å². The van der Waals surface area contributed by atoms with Crippen molar-refractivity contribution in [3.8, 4) is 0 Å². The van der Waals surface area contributed by atoms with Gasteiger partial charge in [0.05, 0.1) is 17.9 Å². The van der Waals surface area contributed by atoms with Crippen LogP contribution in [-0.4, -0.2) is 14.6 Å². The van der Waals surface area contributed by atoms with Crippen molar-refractivity contribution in [2.24, 2.45) is 5.73 Å². The Morgan fingerprint density at radius 2 is 2.05 bits per heavy atom. The van der Waals surface area contributed by atoms with Crippen LogP contribution in [0.2, 0.25) is 0 Å². The van der Waals surface area contributed by atoms with Crippen molar-refractivity contribution in [3.63, 3.8) is 0 Å². The molecule has 4 heteroatoms. The summed E-state index contributed by atoms with van der Waals surface area (Å²) in [6.07, 6.45) is 8.00. The maximum atomic E-state index is 6.34. The fourth-order valence-corrected chi connectivity index (χ4v) is 2.43. The van der Waals surface area contributed by atoms with Gasteiger partial charge in [0.1, 0.15) is 0 Å². The van der Waals surface area contributed by atoms with Crippen LogP contribution in [0.5, 0.6) is 0 Å². The van der Waals surface area contributed by atoms with E-state index in [9.17, 15) is 0 Å². The molecule has 0 amide bonds. The van der Waals surface area contributed by atoms with Crippen LogP contribution in [0, 0.1) is 13.8 Å². The normalized spacial score (nSPS) is 12.8. The van der Waals surface area contributed by atoms with Gasteiger partial charge in [-0.1, -0.05) is 18.2 Å². The van der Waals surface area contributed by atoms with Crippen LogP contribution in [-0.2, 0) is 6.42 Å². The van der Waals surface area contributed by atoms with Crippen molar-refractivity contribution in [2.45, 2.75) is 26.3 Å². The van der Waals surface area contributed by atoms with Crippen molar-refractivity contribution >= 4 is 5.52 Å². The molecule has 0 bridgehead atoms. The summed E-state index contributed by atoms with van der Waals surface area (Å²) in [7, 11) is 0. The summed E-state index contributed by atoms with van der Waals surface area (Å²) in [5.41, 5.74) is 12.2. The fraction of sp³-hybridized carbons (Fsp3) is 0.250. The second-order valence-corrected chi connectivity index (χ2v) is 5.24. The summed E-state index contributed by atoms with van der Waals surface area (Å²) in [6, 6.07) is 6.43. The Morgan fingerprint density at radius 3 is 2.85 bits per heavy atom. The van der Waals surface area contributed by atoms with E-state index in [-0.39, 0.29) is 6.04 Å². The Bertz CT molecular complexity index is 745. The second kappa shape index (κ2) is 5.06. The highest BCUT2D eigenvalue weighted by atomic mass is 15.2. The van der Waals surface area contributed by atoms with Crippen LogP contribution in [0.15, 0.2) is 43.0 Å². The molecule has 0 radical (unpaired) electrons. The monoisotopic (exact) mass is 266 g/mol. The molecule has 0 saturated heterocycles. The zero-order valence-corrected chi connectivity index (χ0v) is 11.7. The van der Waals surface area contributed by atoms with Crippen molar-refractivity contribution in [3.05, 3.63) is 65.2 Å². The summed E-state index contributed by atoms with van der Waals surface area (Å²) >= 11 is 0. The molecule has 1 atom stereocenters. The Hall–Kier alpha value is -2.20. The lowest BCUT2D eigenvalue weighted by atomic mass is 9.98. The van der Waals surface area contributed by atoms with Gasteiger partial charge >= 0.3 is 0 Å². The molecule has 1 unspecified atom stereocenters. The topological polar surface area (TPSA) is 56.2 Å². The lowest BCUT2D eigenvalue weighted by Gasteiger charge is -2.12. The molecule has 4 nitrogen and oxygen atoms in total. The van der Waals surface area contributed by atoms with E-state index in [1.54, 1.807) is 6.20 Å². The standard InChI is InChI=1S/C16H18N4/c1-11-3-4-13(7-12(11)2)8-15(17)14-9-19-20-6-5-18-10-16(14)20/h3-7,9-10,15H,8,17H2,1-2H3. The van der Waals surface area contributed by atoms with Gasteiger partial charge in [0.25, 0.3) is 0 Å². The van der Waals surface area contributed by atoms with Crippen LogP contribution in [0.1, 0.15) is 28.3 Å². The second-order valence-electron chi connectivity index (χ2n) is 5.24. The molecule has 0 aliphatic rings. The molecule has 3 aromatic rings. The van der Waals surface area contributed by atoms with E-state index in [2.05, 4.69) is 42.1 Å². The van der Waals surface area contributed by atoms with Gasteiger partial charge in [-0.05, 0) is 37.0 Å². The van der Waals surface area contributed by atoms with E-state index in [4.69, 9.17) is 5.73 Å². The number of hydrogen-bond donors (Lipinski definition) is 1. The van der Waals surface area contributed by atoms with Crippen molar-refractivity contribution in [2.75, 3.05) is 0 Å². The molecular weight excluding hydrogens is 248 g/mol. The molecule has 102 valence electrons. The number of aryl methyl sites for hydroxylation is 2. The van der Waals surface area contributed by atoms with Gasteiger partial charge in [-0.2, -0.15) is 5.10 Å². The van der Waals surface area contributed by atoms with E-state index in [1.807, 2.05) is 23.1 Å². The van der Waals surface area contributed by atoms with Gasteiger partial charge in [-0.3, -0.25) is 4.98 Å². The third-order valence-corrected chi connectivity index (χ3v) is 3.78. The molecule has 2 aromatic heterocycles. The average molecular weight is 266 g/mol. The summed E-state index contributed by atoms with van der Waals surface area (Å²) in [5.74, 6) is 0. The van der Waals surface area contributed by atoms with Crippen molar-refractivity contribution < 1.29 is 0 Å². The first-order chi connectivity index (χ1) is 9.65. The SMILES string of the molecule is Cc1ccc(CC(N)c2cnn3ccncc23)cc1C. The Morgan fingerprint density at radius 1 is 1.20 bits per heavy atom. The maximum absolute atomic E-state index is 6.34. The van der Waals surface area contributed by atoms with Crippen molar-refractivity contribution in [1.82, 2.24) is 14.6 Å². The first-order valence-electron chi connectivity index (χ1n) is 6.74. The van der Waals surface area contributed by atoms with Gasteiger partial charge in [0.2, 0.25) is 0 Å². The molecule has 1 aromatic carbocycles. The number of aromatic nitrogens is 3. The molecule has 0 saturated carbocycles. The van der Waals surface area contributed by atoms with E-state index >= 15 is 0 Å². The van der Waals surface area contributed by atoms with E-state index in [0.29, 0.717) is 0 Å². The molecule has 0 fully saturated rings. The first kappa shape index (κ1) is 12.8. The smallest absolute Gasteiger partial charge is 0.0892 e. The summed E-state index contributed by atoms with van der Waals surface area (Å²) in [5, 5.41) is 4.31. The lowest BCUT2D eigenvalue weighted by Crippen LogP contribution is -2.13. The summed E-state index contributed by atoms with van der Waals surface area (Å²) in [4.78, 5) is 4.14.